The van der Waals surface area contributed by atoms with Crippen LogP contribution in [0.5, 0.6) is 0 Å². The predicted octanol–water partition coefficient (Wildman–Crippen LogP) is 2.64. The fourth-order valence-electron chi connectivity index (χ4n) is 1.49. The maximum absolute atomic E-state index is 4.21. The highest BCUT2D eigenvalue weighted by atomic mass is 79.9. The molecule has 17 heavy (non-hydrogen) atoms. The van der Waals surface area contributed by atoms with Gasteiger partial charge in [-0.3, -0.25) is 4.99 Å². The van der Waals surface area contributed by atoms with E-state index in [-0.39, 0.29) is 0 Å². The molecule has 1 aromatic carbocycles. The predicted molar refractivity (Wildman–Crippen MR) is 77.2 cm³/mol. The molecule has 0 radical (unpaired) electrons. The first kappa shape index (κ1) is 13.8. The third-order valence-corrected chi connectivity index (χ3v) is 2.84. The molecule has 0 unspecified atom stereocenters. The SMILES string of the molecule is C=CCNC(=NC)N(C)Cc1ccc(Br)cc1. The molecule has 0 aliphatic rings. The van der Waals surface area contributed by atoms with E-state index in [0.29, 0.717) is 0 Å². The maximum atomic E-state index is 4.21. The van der Waals surface area contributed by atoms with Gasteiger partial charge in [-0.15, -0.1) is 6.58 Å². The molecule has 0 bridgehead atoms. The zero-order chi connectivity index (χ0) is 12.7. The molecule has 1 aromatic rings. The van der Waals surface area contributed by atoms with Crippen LogP contribution in [0.25, 0.3) is 0 Å². The van der Waals surface area contributed by atoms with Gasteiger partial charge in [0, 0.05) is 31.7 Å². The van der Waals surface area contributed by atoms with Gasteiger partial charge in [0.05, 0.1) is 0 Å². The topological polar surface area (TPSA) is 27.6 Å². The fraction of sp³-hybridized carbons (Fsp3) is 0.308. The van der Waals surface area contributed by atoms with Crippen LogP contribution in [0.2, 0.25) is 0 Å². The molecule has 92 valence electrons. The van der Waals surface area contributed by atoms with Crippen LogP contribution in [-0.2, 0) is 6.54 Å². The fourth-order valence-corrected chi connectivity index (χ4v) is 1.75. The van der Waals surface area contributed by atoms with Crippen molar-refractivity contribution in [3.63, 3.8) is 0 Å². The van der Waals surface area contributed by atoms with E-state index in [1.165, 1.54) is 5.56 Å². The van der Waals surface area contributed by atoms with Crippen molar-refractivity contribution in [2.45, 2.75) is 6.54 Å². The number of hydrogen-bond acceptors (Lipinski definition) is 1. The van der Waals surface area contributed by atoms with E-state index >= 15 is 0 Å². The Bertz CT molecular complexity index is 384. The molecular weight excluding hydrogens is 278 g/mol. The third-order valence-electron chi connectivity index (χ3n) is 2.31. The van der Waals surface area contributed by atoms with Crippen LogP contribution in [0.3, 0.4) is 0 Å². The Morgan fingerprint density at radius 1 is 1.47 bits per heavy atom. The average Bonchev–Trinajstić information content (AvgIpc) is 2.33. The number of benzene rings is 1. The molecule has 1 N–H and O–H groups in total. The van der Waals surface area contributed by atoms with E-state index in [1.54, 1.807) is 7.05 Å². The van der Waals surface area contributed by atoms with Crippen LogP contribution < -0.4 is 5.32 Å². The first-order valence-corrected chi connectivity index (χ1v) is 6.23. The monoisotopic (exact) mass is 295 g/mol. The number of hydrogen-bond donors (Lipinski definition) is 1. The van der Waals surface area contributed by atoms with Crippen molar-refractivity contribution >= 4 is 21.9 Å². The Kier molecular flexibility index (Phi) is 5.77. The lowest BCUT2D eigenvalue weighted by atomic mass is 10.2. The Morgan fingerprint density at radius 2 is 2.12 bits per heavy atom. The molecule has 3 nitrogen and oxygen atoms in total. The second kappa shape index (κ2) is 7.12. The molecule has 0 saturated carbocycles. The Hall–Kier alpha value is -1.29. The van der Waals surface area contributed by atoms with Crippen molar-refractivity contribution in [1.82, 2.24) is 10.2 Å². The summed E-state index contributed by atoms with van der Waals surface area (Å²) in [6.45, 7) is 5.22. The molecule has 4 heteroatoms. The summed E-state index contributed by atoms with van der Waals surface area (Å²) in [6, 6.07) is 8.29. The molecule has 0 atom stereocenters. The number of nitrogens with one attached hydrogen (secondary N) is 1. The number of halogens is 1. The van der Waals surface area contributed by atoms with Crippen molar-refractivity contribution in [2.75, 3.05) is 20.6 Å². The Balaban J connectivity index is 2.60. The minimum absolute atomic E-state index is 0.720. The zero-order valence-electron chi connectivity index (χ0n) is 10.3. The van der Waals surface area contributed by atoms with Crippen LogP contribution >= 0.6 is 15.9 Å². The summed E-state index contributed by atoms with van der Waals surface area (Å²) in [4.78, 5) is 6.29. The van der Waals surface area contributed by atoms with Crippen molar-refractivity contribution in [1.29, 1.82) is 0 Å². The average molecular weight is 296 g/mol. The largest absolute Gasteiger partial charge is 0.353 e. The first-order chi connectivity index (χ1) is 8.17. The summed E-state index contributed by atoms with van der Waals surface area (Å²) in [7, 11) is 3.80. The summed E-state index contributed by atoms with van der Waals surface area (Å²) in [5.41, 5.74) is 1.25. The number of rotatable bonds is 4. The lowest BCUT2D eigenvalue weighted by Gasteiger charge is -2.21. The molecule has 1 rings (SSSR count). The van der Waals surface area contributed by atoms with E-state index in [4.69, 9.17) is 0 Å². The van der Waals surface area contributed by atoms with Gasteiger partial charge in [0.1, 0.15) is 0 Å². The zero-order valence-corrected chi connectivity index (χ0v) is 11.9. The highest BCUT2D eigenvalue weighted by molar-refractivity contribution is 9.10. The number of nitrogens with zero attached hydrogens (tertiary/aromatic N) is 2. The van der Waals surface area contributed by atoms with E-state index in [0.717, 1.165) is 23.5 Å². The summed E-state index contributed by atoms with van der Waals surface area (Å²) >= 11 is 3.43. The van der Waals surface area contributed by atoms with Gasteiger partial charge in [0.2, 0.25) is 0 Å². The highest BCUT2D eigenvalue weighted by Gasteiger charge is 2.05. The van der Waals surface area contributed by atoms with E-state index in [9.17, 15) is 0 Å². The van der Waals surface area contributed by atoms with E-state index in [1.807, 2.05) is 25.3 Å². The quantitative estimate of drug-likeness (QED) is 0.525. The Labute approximate surface area is 111 Å². The Morgan fingerprint density at radius 3 is 2.65 bits per heavy atom. The minimum Gasteiger partial charge on any atom is -0.353 e. The van der Waals surface area contributed by atoms with Gasteiger partial charge in [-0.05, 0) is 17.7 Å². The second-order valence-electron chi connectivity index (χ2n) is 3.70. The van der Waals surface area contributed by atoms with E-state index < -0.39 is 0 Å². The van der Waals surface area contributed by atoms with Gasteiger partial charge >= 0.3 is 0 Å². The summed E-state index contributed by atoms with van der Waals surface area (Å²) in [6.07, 6.45) is 1.82. The molecule has 0 saturated heterocycles. The van der Waals surface area contributed by atoms with Crippen LogP contribution in [0.4, 0.5) is 0 Å². The smallest absolute Gasteiger partial charge is 0.193 e. The standard InChI is InChI=1S/C13H18BrN3/c1-4-9-16-13(15-2)17(3)10-11-5-7-12(14)8-6-11/h4-8H,1,9-10H2,2-3H3,(H,15,16). The van der Waals surface area contributed by atoms with Crippen molar-refractivity contribution in [3.05, 3.63) is 47.0 Å². The van der Waals surface area contributed by atoms with Gasteiger partial charge in [-0.1, -0.05) is 34.1 Å². The van der Waals surface area contributed by atoms with E-state index in [2.05, 4.69) is 49.9 Å². The van der Waals surface area contributed by atoms with Gasteiger partial charge in [-0.2, -0.15) is 0 Å². The van der Waals surface area contributed by atoms with Crippen LogP contribution in [0.15, 0.2) is 46.4 Å². The van der Waals surface area contributed by atoms with Crippen molar-refractivity contribution in [3.8, 4) is 0 Å². The lowest BCUT2D eigenvalue weighted by Crippen LogP contribution is -2.38. The molecule has 0 aliphatic carbocycles. The molecular formula is C13H18BrN3. The minimum atomic E-state index is 0.720. The van der Waals surface area contributed by atoms with Gasteiger partial charge in [0.15, 0.2) is 5.96 Å². The molecule has 0 fully saturated rings. The molecule has 0 heterocycles. The second-order valence-corrected chi connectivity index (χ2v) is 4.61. The van der Waals surface area contributed by atoms with Gasteiger partial charge in [-0.25, -0.2) is 0 Å². The maximum Gasteiger partial charge on any atom is 0.193 e. The van der Waals surface area contributed by atoms with Crippen LogP contribution in [0, 0.1) is 0 Å². The summed E-state index contributed by atoms with van der Waals surface area (Å²) in [5.74, 6) is 0.868. The van der Waals surface area contributed by atoms with Crippen LogP contribution in [-0.4, -0.2) is 31.5 Å². The molecule has 0 spiro atoms. The van der Waals surface area contributed by atoms with Crippen molar-refractivity contribution in [2.24, 2.45) is 4.99 Å². The van der Waals surface area contributed by atoms with Crippen molar-refractivity contribution < 1.29 is 0 Å². The summed E-state index contributed by atoms with van der Waals surface area (Å²) < 4.78 is 1.10. The van der Waals surface area contributed by atoms with Gasteiger partial charge in [0.25, 0.3) is 0 Å². The third kappa shape index (κ3) is 4.61. The highest BCUT2D eigenvalue weighted by Crippen LogP contribution is 2.11. The molecule has 0 aliphatic heterocycles. The number of aliphatic imine (C=N–C) groups is 1. The molecule has 0 amide bonds. The van der Waals surface area contributed by atoms with Gasteiger partial charge < -0.3 is 10.2 Å². The number of guanidine groups is 1. The molecule has 0 aromatic heterocycles. The lowest BCUT2D eigenvalue weighted by molar-refractivity contribution is 0.480. The van der Waals surface area contributed by atoms with Crippen LogP contribution in [0.1, 0.15) is 5.56 Å². The first-order valence-electron chi connectivity index (χ1n) is 5.44. The normalized spacial score (nSPS) is 11.1. The summed E-state index contributed by atoms with van der Waals surface area (Å²) in [5, 5.41) is 3.20.